The van der Waals surface area contributed by atoms with Crippen LogP contribution < -0.4 is 16.2 Å². The summed E-state index contributed by atoms with van der Waals surface area (Å²) < 4.78 is 0.799. The predicted octanol–water partition coefficient (Wildman–Crippen LogP) is 7.31. The van der Waals surface area contributed by atoms with E-state index in [9.17, 15) is 9.59 Å². The molecule has 184 valence electrons. The average molecular weight is 546 g/mol. The topological polar surface area (TPSA) is 70.2 Å². The van der Waals surface area contributed by atoms with Crippen molar-refractivity contribution in [3.05, 3.63) is 0 Å². The minimum atomic E-state index is -2.01. The summed E-state index contributed by atoms with van der Waals surface area (Å²) >= 11 is -2.01. The Bertz CT molecular complexity index is 453. The Kier molecular flexibility index (Phi) is 19.9. The Morgan fingerprint density at radius 3 is 1.61 bits per heavy atom. The first kappa shape index (κ1) is 30.5. The van der Waals surface area contributed by atoms with Gasteiger partial charge in [-0.2, -0.15) is 0 Å². The molecule has 0 aliphatic rings. The number of hydrazine groups is 1. The van der Waals surface area contributed by atoms with Crippen LogP contribution in [0.4, 0.5) is 4.79 Å². The molecule has 0 spiro atoms. The fourth-order valence-electron chi connectivity index (χ4n) is 4.04. The van der Waals surface area contributed by atoms with Crippen molar-refractivity contribution in [1.29, 1.82) is 0 Å². The molecule has 0 aromatic carbocycles. The molecule has 0 heterocycles. The standard InChI is InChI=1S/C22H44N3O2.3CH3.Sn/c1-3-5-6-7-8-9-10-11-12-13-14-15-16-17-18-19-20-23-22(27)25-24-21(26)4-2;;;;/h18H,3-17,19-20H2,1-2H3,(H,24,26)(H2,23,25,27);3*1H3;. The molecule has 0 fully saturated rings. The van der Waals surface area contributed by atoms with Gasteiger partial charge in [-0.15, -0.1) is 0 Å². The molecule has 31 heavy (non-hydrogen) atoms. The van der Waals surface area contributed by atoms with E-state index < -0.39 is 18.4 Å². The molecule has 0 bridgehead atoms. The maximum absolute atomic E-state index is 11.8. The van der Waals surface area contributed by atoms with Gasteiger partial charge in [-0.3, -0.25) is 0 Å². The molecule has 0 aliphatic carbocycles. The zero-order valence-corrected chi connectivity index (χ0v) is 24.3. The first-order valence-electron chi connectivity index (χ1n) is 13.1. The van der Waals surface area contributed by atoms with E-state index in [1.54, 1.807) is 6.92 Å². The Hall–Kier alpha value is -0.461. The van der Waals surface area contributed by atoms with E-state index in [2.05, 4.69) is 37.9 Å². The molecule has 0 rings (SSSR count). The first-order valence-corrected chi connectivity index (χ1v) is 23.3. The Balaban J connectivity index is 3.75. The SMILES string of the molecule is CCCCCCCCCCCCCCC[CH](CCNC(=O)NNC(=O)CC)[Sn]([CH3])([CH3])[CH3]. The Labute approximate surface area is 197 Å². The van der Waals surface area contributed by atoms with Crippen LogP contribution >= 0.6 is 0 Å². The number of amides is 3. The summed E-state index contributed by atoms with van der Waals surface area (Å²) in [5, 5.41) is 2.88. The predicted molar refractivity (Wildman–Crippen MR) is 137 cm³/mol. The quantitative estimate of drug-likeness (QED) is 0.0904. The molecular formula is C25H53N3O2Sn. The van der Waals surface area contributed by atoms with Gasteiger partial charge in [-0.1, -0.05) is 26.2 Å². The van der Waals surface area contributed by atoms with Crippen molar-refractivity contribution >= 4 is 30.3 Å². The second-order valence-electron chi connectivity index (χ2n) is 10.2. The van der Waals surface area contributed by atoms with Crippen molar-refractivity contribution in [3.63, 3.8) is 0 Å². The molecule has 0 radical (unpaired) electrons. The zero-order chi connectivity index (χ0) is 23.4. The molecule has 3 N–H and O–H groups in total. The van der Waals surface area contributed by atoms with E-state index in [1.165, 1.54) is 89.9 Å². The second kappa shape index (κ2) is 20.2. The van der Waals surface area contributed by atoms with Gasteiger partial charge in [0.1, 0.15) is 0 Å². The number of carbonyl (C=O) groups excluding carboxylic acids is 2. The van der Waals surface area contributed by atoms with Crippen LogP contribution in [-0.2, 0) is 4.79 Å². The molecule has 1 unspecified atom stereocenters. The van der Waals surface area contributed by atoms with Gasteiger partial charge in [0.25, 0.3) is 0 Å². The fourth-order valence-corrected chi connectivity index (χ4v) is 9.98. The summed E-state index contributed by atoms with van der Waals surface area (Å²) in [5.74, 6) is -0.179. The fraction of sp³-hybridized carbons (Fsp3) is 0.920. The molecule has 0 aromatic rings. The van der Waals surface area contributed by atoms with E-state index in [-0.39, 0.29) is 11.9 Å². The van der Waals surface area contributed by atoms with Crippen LogP contribution in [0.1, 0.15) is 117 Å². The summed E-state index contributed by atoms with van der Waals surface area (Å²) in [4.78, 5) is 30.5. The van der Waals surface area contributed by atoms with E-state index >= 15 is 0 Å². The van der Waals surface area contributed by atoms with Gasteiger partial charge < -0.3 is 0 Å². The number of unbranched alkanes of at least 4 members (excludes halogenated alkanes) is 12. The molecular weight excluding hydrogens is 493 g/mol. The summed E-state index contributed by atoms with van der Waals surface area (Å²) in [7, 11) is 0. The van der Waals surface area contributed by atoms with E-state index in [0.717, 1.165) is 10.4 Å². The third kappa shape index (κ3) is 19.9. The number of nitrogens with one attached hydrogen (secondary N) is 3. The normalized spacial score (nSPS) is 12.4. The number of urea groups is 1. The van der Waals surface area contributed by atoms with Gasteiger partial charge in [-0.05, 0) is 0 Å². The summed E-state index contributed by atoms with van der Waals surface area (Å²) in [5.41, 5.74) is 4.80. The van der Waals surface area contributed by atoms with E-state index in [4.69, 9.17) is 0 Å². The maximum atomic E-state index is 11.8. The second-order valence-corrected chi connectivity index (χ2v) is 26.0. The van der Waals surface area contributed by atoms with Gasteiger partial charge in [-0.25, -0.2) is 0 Å². The number of rotatable bonds is 19. The molecule has 1 atom stereocenters. The van der Waals surface area contributed by atoms with Gasteiger partial charge in [0.05, 0.1) is 0 Å². The van der Waals surface area contributed by atoms with Gasteiger partial charge in [0.2, 0.25) is 0 Å². The Morgan fingerprint density at radius 2 is 1.16 bits per heavy atom. The summed E-state index contributed by atoms with van der Waals surface area (Å²) in [6.07, 6.45) is 20.9. The van der Waals surface area contributed by atoms with Crippen LogP contribution in [0.2, 0.25) is 18.8 Å². The van der Waals surface area contributed by atoms with Crippen LogP contribution in [0.3, 0.4) is 0 Å². The van der Waals surface area contributed by atoms with E-state index in [0.29, 0.717) is 13.0 Å². The third-order valence-electron chi connectivity index (χ3n) is 6.30. The van der Waals surface area contributed by atoms with Crippen LogP contribution in [0, 0.1) is 0 Å². The molecule has 6 heteroatoms. The van der Waals surface area contributed by atoms with Crippen molar-refractivity contribution in [1.82, 2.24) is 16.2 Å². The zero-order valence-electron chi connectivity index (χ0n) is 21.4. The van der Waals surface area contributed by atoms with Crippen molar-refractivity contribution in [2.75, 3.05) is 6.54 Å². The van der Waals surface area contributed by atoms with Crippen LogP contribution in [0.5, 0.6) is 0 Å². The number of hydrogen-bond donors (Lipinski definition) is 3. The van der Waals surface area contributed by atoms with Crippen LogP contribution in [-0.4, -0.2) is 36.9 Å². The molecule has 0 aliphatic heterocycles. The minimum absolute atomic E-state index is 0.179. The van der Waals surface area contributed by atoms with Gasteiger partial charge in [0.15, 0.2) is 0 Å². The van der Waals surface area contributed by atoms with Crippen molar-refractivity contribution < 1.29 is 9.59 Å². The van der Waals surface area contributed by atoms with Crippen molar-refractivity contribution in [2.45, 2.75) is 135 Å². The molecule has 0 saturated heterocycles. The third-order valence-corrected chi connectivity index (χ3v) is 14.9. The summed E-state index contributed by atoms with van der Waals surface area (Å²) in [6.45, 7) is 4.72. The van der Waals surface area contributed by atoms with Crippen molar-refractivity contribution in [2.24, 2.45) is 0 Å². The first-order chi connectivity index (χ1) is 14.8. The van der Waals surface area contributed by atoms with Gasteiger partial charge in [0, 0.05) is 0 Å². The summed E-state index contributed by atoms with van der Waals surface area (Å²) in [6, 6.07) is -0.314. The van der Waals surface area contributed by atoms with Gasteiger partial charge >= 0.3 is 172 Å². The number of carbonyl (C=O) groups is 2. The van der Waals surface area contributed by atoms with E-state index in [1.807, 2.05) is 0 Å². The molecule has 3 amide bonds. The average Bonchev–Trinajstić information content (AvgIpc) is 2.73. The molecule has 0 saturated carbocycles. The Morgan fingerprint density at radius 1 is 0.677 bits per heavy atom. The van der Waals surface area contributed by atoms with Crippen LogP contribution in [0.15, 0.2) is 0 Å². The van der Waals surface area contributed by atoms with Crippen LogP contribution in [0.25, 0.3) is 0 Å². The monoisotopic (exact) mass is 547 g/mol. The molecule has 5 nitrogen and oxygen atoms in total. The van der Waals surface area contributed by atoms with Crippen molar-refractivity contribution in [3.8, 4) is 0 Å². The molecule has 0 aromatic heterocycles. The number of hydrogen-bond acceptors (Lipinski definition) is 2.